The lowest BCUT2D eigenvalue weighted by atomic mass is 10.1. The van der Waals surface area contributed by atoms with E-state index in [0.29, 0.717) is 5.56 Å². The van der Waals surface area contributed by atoms with E-state index in [0.717, 1.165) is 12.1 Å². The van der Waals surface area contributed by atoms with Gasteiger partial charge in [0.1, 0.15) is 5.82 Å². The van der Waals surface area contributed by atoms with Crippen LogP contribution in [0.25, 0.3) is 6.08 Å². The van der Waals surface area contributed by atoms with Crippen LogP contribution in [-0.4, -0.2) is 28.9 Å². The average molecular weight is 294 g/mol. The molecule has 112 valence electrons. The number of hydrogen-bond donors (Lipinski definition) is 3. The molecule has 2 amide bonds. The third-order valence-corrected chi connectivity index (χ3v) is 2.54. The smallest absolute Gasteiger partial charge is 0.328 e. The number of aliphatic carboxylic acids is 1. The van der Waals surface area contributed by atoms with Crippen LogP contribution in [0.15, 0.2) is 24.3 Å². The first-order valence-corrected chi connectivity index (χ1v) is 6.09. The second-order valence-electron chi connectivity index (χ2n) is 4.46. The fraction of sp³-hybridized carbons (Fsp3) is 0.214. The number of hydrogen-bond acceptors (Lipinski definition) is 3. The Morgan fingerprint density at radius 1 is 1.43 bits per heavy atom. The largest absolute Gasteiger partial charge is 0.478 e. The number of halogens is 1. The number of carboxylic acid groups (broad SMARTS) is 1. The van der Waals surface area contributed by atoms with E-state index >= 15 is 0 Å². The fourth-order valence-corrected chi connectivity index (χ4v) is 1.64. The van der Waals surface area contributed by atoms with E-state index in [-0.39, 0.29) is 12.0 Å². The number of benzene rings is 1. The van der Waals surface area contributed by atoms with Crippen LogP contribution in [0.2, 0.25) is 0 Å². The maximum atomic E-state index is 13.8. The lowest BCUT2D eigenvalue weighted by molar-refractivity contribution is -0.131. The van der Waals surface area contributed by atoms with Crippen LogP contribution >= 0.6 is 0 Å². The van der Waals surface area contributed by atoms with Crippen LogP contribution in [0.5, 0.6) is 0 Å². The quantitative estimate of drug-likeness (QED) is 0.677. The Hall–Kier alpha value is -2.70. The number of nitrogens with one attached hydrogen (secondary N) is 1. The summed E-state index contributed by atoms with van der Waals surface area (Å²) in [6.07, 6.45) is 2.03. The third-order valence-electron chi connectivity index (χ3n) is 2.54. The van der Waals surface area contributed by atoms with Gasteiger partial charge in [0.2, 0.25) is 5.91 Å². The molecule has 21 heavy (non-hydrogen) atoms. The lowest BCUT2D eigenvalue weighted by Gasteiger charge is -2.12. The molecule has 0 aliphatic heterocycles. The van der Waals surface area contributed by atoms with E-state index in [1.165, 1.54) is 18.2 Å². The van der Waals surface area contributed by atoms with E-state index in [2.05, 4.69) is 5.32 Å². The van der Waals surface area contributed by atoms with E-state index in [9.17, 15) is 18.8 Å². The molecule has 1 unspecified atom stereocenters. The van der Waals surface area contributed by atoms with Crippen molar-refractivity contribution in [3.05, 3.63) is 41.2 Å². The van der Waals surface area contributed by atoms with Crippen molar-refractivity contribution in [1.29, 1.82) is 0 Å². The molecule has 1 atom stereocenters. The Labute approximate surface area is 120 Å². The van der Waals surface area contributed by atoms with Gasteiger partial charge in [-0.05, 0) is 30.7 Å². The molecule has 0 spiro atoms. The highest BCUT2D eigenvalue weighted by Gasteiger charge is 2.15. The second-order valence-corrected chi connectivity index (χ2v) is 4.46. The summed E-state index contributed by atoms with van der Waals surface area (Å²) in [6.45, 7) is 1.57. The average Bonchev–Trinajstić information content (AvgIpc) is 2.34. The SMILES string of the molecule is CC(CC(N)=O)NC(=O)c1ccc(/C=C/C(=O)O)cc1F. The standard InChI is InChI=1S/C14H15FN2O4/c1-8(6-12(16)18)17-14(21)10-4-2-9(7-11(10)15)3-5-13(19)20/h2-5,7-8H,6H2,1H3,(H2,16,18)(H,17,21)(H,19,20)/b5-3+. The highest BCUT2D eigenvalue weighted by molar-refractivity contribution is 5.95. The first kappa shape index (κ1) is 16.4. The zero-order valence-corrected chi connectivity index (χ0v) is 11.3. The van der Waals surface area contributed by atoms with Crippen molar-refractivity contribution in [1.82, 2.24) is 5.32 Å². The van der Waals surface area contributed by atoms with Crippen LogP contribution in [0, 0.1) is 5.82 Å². The lowest BCUT2D eigenvalue weighted by Crippen LogP contribution is -2.36. The second kappa shape index (κ2) is 7.18. The molecule has 0 aliphatic rings. The van der Waals surface area contributed by atoms with Gasteiger partial charge in [0, 0.05) is 18.5 Å². The minimum atomic E-state index is -1.16. The molecular weight excluding hydrogens is 279 g/mol. The number of carboxylic acids is 1. The maximum Gasteiger partial charge on any atom is 0.328 e. The van der Waals surface area contributed by atoms with Crippen molar-refractivity contribution in [2.24, 2.45) is 5.73 Å². The first-order valence-electron chi connectivity index (χ1n) is 6.09. The molecule has 0 aliphatic carbocycles. The molecule has 0 fully saturated rings. The van der Waals surface area contributed by atoms with Gasteiger partial charge in [-0.2, -0.15) is 0 Å². The Morgan fingerprint density at radius 3 is 2.62 bits per heavy atom. The predicted octanol–water partition coefficient (Wildman–Crippen LogP) is 0.917. The van der Waals surface area contributed by atoms with Crippen LogP contribution in [0.3, 0.4) is 0 Å². The Kier molecular flexibility index (Phi) is 5.59. The van der Waals surface area contributed by atoms with Crippen molar-refractivity contribution in [2.45, 2.75) is 19.4 Å². The van der Waals surface area contributed by atoms with E-state index in [4.69, 9.17) is 10.8 Å². The number of carbonyl (C=O) groups is 3. The molecule has 0 heterocycles. The number of rotatable bonds is 6. The minimum absolute atomic E-state index is 0.0488. The monoisotopic (exact) mass is 294 g/mol. The third kappa shape index (κ3) is 5.43. The number of nitrogens with two attached hydrogens (primary N) is 1. The van der Waals surface area contributed by atoms with E-state index in [1.54, 1.807) is 6.92 Å². The summed E-state index contributed by atoms with van der Waals surface area (Å²) in [5.41, 5.74) is 5.12. The zero-order valence-electron chi connectivity index (χ0n) is 11.3. The highest BCUT2D eigenvalue weighted by Crippen LogP contribution is 2.12. The minimum Gasteiger partial charge on any atom is -0.478 e. The van der Waals surface area contributed by atoms with E-state index < -0.39 is 29.6 Å². The molecular formula is C14H15FN2O4. The van der Waals surface area contributed by atoms with E-state index in [1.807, 2.05) is 0 Å². The Balaban J connectivity index is 2.82. The fourth-order valence-electron chi connectivity index (χ4n) is 1.64. The van der Waals surface area contributed by atoms with Gasteiger partial charge in [-0.25, -0.2) is 9.18 Å². The van der Waals surface area contributed by atoms with Crippen molar-refractivity contribution < 1.29 is 23.9 Å². The van der Waals surface area contributed by atoms with Gasteiger partial charge in [0.25, 0.3) is 5.91 Å². The summed E-state index contributed by atoms with van der Waals surface area (Å²) in [4.78, 5) is 32.9. The molecule has 1 aromatic rings. The maximum absolute atomic E-state index is 13.8. The van der Waals surface area contributed by atoms with Crippen LogP contribution < -0.4 is 11.1 Å². The summed E-state index contributed by atoms with van der Waals surface area (Å²) in [7, 11) is 0. The van der Waals surface area contributed by atoms with Crippen molar-refractivity contribution in [2.75, 3.05) is 0 Å². The normalized spacial score (nSPS) is 12.1. The van der Waals surface area contributed by atoms with Gasteiger partial charge < -0.3 is 16.2 Å². The summed E-state index contributed by atoms with van der Waals surface area (Å²) in [5.74, 6) is -3.18. The first-order chi connectivity index (χ1) is 9.79. The zero-order chi connectivity index (χ0) is 16.0. The highest BCUT2D eigenvalue weighted by atomic mass is 19.1. The molecule has 1 rings (SSSR count). The molecule has 7 heteroatoms. The molecule has 0 saturated heterocycles. The van der Waals surface area contributed by atoms with Gasteiger partial charge in [-0.15, -0.1) is 0 Å². The van der Waals surface area contributed by atoms with Crippen LogP contribution in [0.1, 0.15) is 29.3 Å². The van der Waals surface area contributed by atoms with Gasteiger partial charge in [0.15, 0.2) is 0 Å². The molecule has 0 saturated carbocycles. The van der Waals surface area contributed by atoms with Gasteiger partial charge in [-0.3, -0.25) is 9.59 Å². The Bertz CT molecular complexity index is 599. The van der Waals surface area contributed by atoms with Crippen LogP contribution in [-0.2, 0) is 9.59 Å². The summed E-state index contributed by atoms with van der Waals surface area (Å²) in [5, 5.41) is 10.9. The van der Waals surface area contributed by atoms with Crippen LogP contribution in [0.4, 0.5) is 4.39 Å². The predicted molar refractivity (Wildman–Crippen MR) is 73.8 cm³/mol. The summed E-state index contributed by atoms with van der Waals surface area (Å²) < 4.78 is 13.8. The molecule has 0 radical (unpaired) electrons. The molecule has 0 aromatic heterocycles. The molecule has 4 N–H and O–H groups in total. The van der Waals surface area contributed by atoms with Crippen molar-refractivity contribution in [3.63, 3.8) is 0 Å². The Morgan fingerprint density at radius 2 is 2.10 bits per heavy atom. The van der Waals surface area contributed by atoms with Gasteiger partial charge in [-0.1, -0.05) is 6.07 Å². The van der Waals surface area contributed by atoms with Crippen molar-refractivity contribution in [3.8, 4) is 0 Å². The summed E-state index contributed by atoms with van der Waals surface area (Å²) in [6, 6.07) is 3.19. The van der Waals surface area contributed by atoms with Gasteiger partial charge >= 0.3 is 5.97 Å². The number of amides is 2. The van der Waals surface area contributed by atoms with Gasteiger partial charge in [0.05, 0.1) is 5.56 Å². The summed E-state index contributed by atoms with van der Waals surface area (Å²) >= 11 is 0. The number of primary amides is 1. The van der Waals surface area contributed by atoms with Crippen molar-refractivity contribution >= 4 is 23.9 Å². The molecule has 6 nitrogen and oxygen atoms in total. The molecule has 0 bridgehead atoms. The number of carbonyl (C=O) groups excluding carboxylic acids is 2. The molecule has 1 aromatic carbocycles. The topological polar surface area (TPSA) is 109 Å².